The first-order chi connectivity index (χ1) is 11.8. The van der Waals surface area contributed by atoms with Crippen LogP contribution in [0.25, 0.3) is 0 Å². The van der Waals surface area contributed by atoms with E-state index in [-0.39, 0.29) is 5.91 Å². The van der Waals surface area contributed by atoms with Crippen LogP contribution < -0.4 is 5.32 Å². The Bertz CT molecular complexity index is 754. The summed E-state index contributed by atoms with van der Waals surface area (Å²) in [6.07, 6.45) is 6.11. The molecule has 0 aliphatic rings. The van der Waals surface area contributed by atoms with Crippen LogP contribution in [0.1, 0.15) is 11.3 Å². The lowest BCUT2D eigenvalue weighted by atomic mass is 10.1. The van der Waals surface area contributed by atoms with Crippen molar-refractivity contribution in [1.29, 1.82) is 0 Å². The Hall–Kier alpha value is -2.47. The highest BCUT2D eigenvalue weighted by Crippen LogP contribution is 2.17. The van der Waals surface area contributed by atoms with E-state index in [0.717, 1.165) is 17.3 Å². The van der Waals surface area contributed by atoms with Crippen LogP contribution in [0, 0.1) is 0 Å². The quantitative estimate of drug-likeness (QED) is 0.640. The third-order valence-electron chi connectivity index (χ3n) is 3.49. The van der Waals surface area contributed by atoms with Crippen molar-refractivity contribution in [2.75, 3.05) is 12.3 Å². The fourth-order valence-corrected chi connectivity index (χ4v) is 3.09. The van der Waals surface area contributed by atoms with Gasteiger partial charge in [0, 0.05) is 18.9 Å². The van der Waals surface area contributed by atoms with Gasteiger partial charge in [0.2, 0.25) is 5.91 Å². The molecule has 0 radical (unpaired) electrons. The van der Waals surface area contributed by atoms with Crippen LogP contribution in [0.5, 0.6) is 0 Å². The van der Waals surface area contributed by atoms with E-state index in [2.05, 4.69) is 22.4 Å². The van der Waals surface area contributed by atoms with Gasteiger partial charge in [0.25, 0.3) is 0 Å². The van der Waals surface area contributed by atoms with Gasteiger partial charge < -0.3 is 14.3 Å². The maximum Gasteiger partial charge on any atom is 0.230 e. The number of thioether (sulfide) groups is 1. The number of hydrogen-bond donors (Lipinski definition) is 1. The normalized spacial score (nSPS) is 10.7. The second kappa shape index (κ2) is 8.40. The molecule has 0 spiro atoms. The number of carbonyl (C=O) groups is 1. The number of nitrogens with zero attached hydrogens (tertiary/aromatic N) is 2. The van der Waals surface area contributed by atoms with E-state index < -0.39 is 0 Å². The van der Waals surface area contributed by atoms with E-state index in [1.165, 1.54) is 17.3 Å². The zero-order chi connectivity index (χ0) is 16.6. The average Bonchev–Trinajstić information content (AvgIpc) is 3.26. The van der Waals surface area contributed by atoms with E-state index in [0.29, 0.717) is 18.8 Å². The molecule has 0 unspecified atom stereocenters. The summed E-state index contributed by atoms with van der Waals surface area (Å²) >= 11 is 1.43. The zero-order valence-corrected chi connectivity index (χ0v) is 14.0. The van der Waals surface area contributed by atoms with Gasteiger partial charge in [-0.05, 0) is 24.1 Å². The van der Waals surface area contributed by atoms with E-state index in [9.17, 15) is 4.79 Å². The molecule has 0 fully saturated rings. The molecule has 2 aromatic heterocycles. The minimum absolute atomic E-state index is 0.0171. The van der Waals surface area contributed by atoms with Gasteiger partial charge in [-0.1, -0.05) is 42.1 Å². The summed E-state index contributed by atoms with van der Waals surface area (Å²) in [6.45, 7) is 1.26. The molecule has 3 rings (SSSR count). The first kappa shape index (κ1) is 16.4. The highest BCUT2D eigenvalue weighted by atomic mass is 32.2. The lowest BCUT2D eigenvalue weighted by Gasteiger charge is -2.07. The summed E-state index contributed by atoms with van der Waals surface area (Å²) in [5.74, 6) is 1.23. The number of amides is 1. The van der Waals surface area contributed by atoms with Crippen molar-refractivity contribution < 1.29 is 9.21 Å². The van der Waals surface area contributed by atoms with Gasteiger partial charge in [0.15, 0.2) is 5.16 Å². The Kier molecular flexibility index (Phi) is 5.74. The van der Waals surface area contributed by atoms with Crippen molar-refractivity contribution in [3.05, 3.63) is 72.4 Å². The van der Waals surface area contributed by atoms with Crippen LogP contribution in [0.2, 0.25) is 0 Å². The van der Waals surface area contributed by atoms with Gasteiger partial charge in [0.05, 0.1) is 18.6 Å². The summed E-state index contributed by atoms with van der Waals surface area (Å²) in [6, 6.07) is 13.9. The minimum atomic E-state index is 0.0171. The maximum absolute atomic E-state index is 12.0. The third-order valence-corrected chi connectivity index (χ3v) is 4.50. The number of benzene rings is 1. The minimum Gasteiger partial charge on any atom is -0.467 e. The smallest absolute Gasteiger partial charge is 0.230 e. The summed E-state index contributed by atoms with van der Waals surface area (Å²) in [4.78, 5) is 16.3. The number of nitrogens with one attached hydrogen (secondary N) is 1. The highest BCUT2D eigenvalue weighted by molar-refractivity contribution is 7.99. The monoisotopic (exact) mass is 341 g/mol. The topological polar surface area (TPSA) is 60.1 Å². The van der Waals surface area contributed by atoms with Crippen LogP contribution in [0.4, 0.5) is 0 Å². The van der Waals surface area contributed by atoms with Crippen LogP contribution in [0.3, 0.4) is 0 Å². The zero-order valence-electron chi connectivity index (χ0n) is 13.2. The predicted molar refractivity (Wildman–Crippen MR) is 93.9 cm³/mol. The fraction of sp³-hybridized carbons (Fsp3) is 0.222. The Balaban J connectivity index is 1.42. The molecular formula is C18H19N3O2S. The molecule has 2 heterocycles. The van der Waals surface area contributed by atoms with Crippen molar-refractivity contribution in [2.45, 2.75) is 18.1 Å². The number of aromatic nitrogens is 2. The molecule has 124 valence electrons. The molecule has 0 aliphatic carbocycles. The molecule has 24 heavy (non-hydrogen) atoms. The molecule has 3 aromatic rings. The largest absolute Gasteiger partial charge is 0.467 e. The Morgan fingerprint density at radius 1 is 1.21 bits per heavy atom. The Labute approximate surface area is 145 Å². The lowest BCUT2D eigenvalue weighted by molar-refractivity contribution is -0.118. The molecule has 0 atom stereocenters. The highest BCUT2D eigenvalue weighted by Gasteiger charge is 2.09. The molecule has 0 saturated heterocycles. The van der Waals surface area contributed by atoms with Gasteiger partial charge >= 0.3 is 0 Å². The van der Waals surface area contributed by atoms with Crippen LogP contribution >= 0.6 is 11.8 Å². The second-order valence-electron chi connectivity index (χ2n) is 5.29. The summed E-state index contributed by atoms with van der Waals surface area (Å²) in [5, 5.41) is 3.75. The first-order valence-corrected chi connectivity index (χ1v) is 8.77. The van der Waals surface area contributed by atoms with Crippen molar-refractivity contribution in [3.63, 3.8) is 0 Å². The number of hydrogen-bond acceptors (Lipinski definition) is 4. The van der Waals surface area contributed by atoms with Crippen molar-refractivity contribution >= 4 is 17.7 Å². The molecule has 1 N–H and O–H groups in total. The molecule has 1 aromatic carbocycles. The van der Waals surface area contributed by atoms with E-state index in [4.69, 9.17) is 4.42 Å². The first-order valence-electron chi connectivity index (χ1n) is 7.78. The number of furan rings is 1. The average molecular weight is 341 g/mol. The van der Waals surface area contributed by atoms with Crippen molar-refractivity contribution in [3.8, 4) is 0 Å². The van der Waals surface area contributed by atoms with Crippen molar-refractivity contribution in [2.24, 2.45) is 0 Å². The number of imidazole rings is 1. The molecule has 6 heteroatoms. The Morgan fingerprint density at radius 3 is 2.88 bits per heavy atom. The number of carbonyl (C=O) groups excluding carboxylic acids is 1. The van der Waals surface area contributed by atoms with Crippen LogP contribution in [-0.2, 0) is 17.8 Å². The van der Waals surface area contributed by atoms with E-state index in [1.54, 1.807) is 12.5 Å². The molecule has 0 aliphatic heterocycles. The SMILES string of the molecule is O=C(CSc1nccn1Cc1ccco1)NCCc1ccccc1. The van der Waals surface area contributed by atoms with Crippen molar-refractivity contribution in [1.82, 2.24) is 14.9 Å². The van der Waals surface area contributed by atoms with Crippen LogP contribution in [0.15, 0.2) is 70.7 Å². The molecular weight excluding hydrogens is 322 g/mol. The molecule has 5 nitrogen and oxygen atoms in total. The summed E-state index contributed by atoms with van der Waals surface area (Å²) in [7, 11) is 0. The van der Waals surface area contributed by atoms with Gasteiger partial charge in [-0.25, -0.2) is 4.98 Å². The molecule has 0 bridgehead atoms. The lowest BCUT2D eigenvalue weighted by Crippen LogP contribution is -2.27. The van der Waals surface area contributed by atoms with E-state index in [1.807, 2.05) is 41.1 Å². The fourth-order valence-electron chi connectivity index (χ4n) is 2.30. The third kappa shape index (κ3) is 4.76. The summed E-state index contributed by atoms with van der Waals surface area (Å²) in [5.41, 5.74) is 1.22. The standard InChI is InChI=1S/C18H19N3O2S/c22-17(19-9-8-15-5-2-1-3-6-15)14-24-18-20-10-11-21(18)13-16-7-4-12-23-16/h1-7,10-12H,8-9,13-14H2,(H,19,22). The number of rotatable bonds is 8. The van der Waals surface area contributed by atoms with Gasteiger partial charge in [-0.15, -0.1) is 0 Å². The van der Waals surface area contributed by atoms with Gasteiger partial charge in [-0.3, -0.25) is 4.79 Å². The molecule has 1 amide bonds. The second-order valence-corrected chi connectivity index (χ2v) is 6.23. The van der Waals surface area contributed by atoms with Gasteiger partial charge in [-0.2, -0.15) is 0 Å². The molecule has 0 saturated carbocycles. The van der Waals surface area contributed by atoms with Crippen LogP contribution in [-0.4, -0.2) is 27.8 Å². The maximum atomic E-state index is 12.0. The van der Waals surface area contributed by atoms with E-state index >= 15 is 0 Å². The summed E-state index contributed by atoms with van der Waals surface area (Å²) < 4.78 is 7.32. The Morgan fingerprint density at radius 2 is 2.08 bits per heavy atom. The predicted octanol–water partition coefficient (Wildman–Crippen LogP) is 2.98. The van der Waals surface area contributed by atoms with Gasteiger partial charge in [0.1, 0.15) is 5.76 Å².